The van der Waals surface area contributed by atoms with Gasteiger partial charge in [-0.3, -0.25) is 0 Å². The van der Waals surface area contributed by atoms with Gasteiger partial charge in [0.05, 0.1) is 5.76 Å². The van der Waals surface area contributed by atoms with E-state index in [1.54, 1.807) is 11.8 Å². The zero-order valence-corrected chi connectivity index (χ0v) is 11.1. The SMILES string of the molecule is C/C(O)=C1/CCCN(C(=O)OCc2ccccc2)C1. The van der Waals surface area contributed by atoms with Gasteiger partial charge in [0.2, 0.25) is 0 Å². The molecule has 0 aromatic heterocycles. The molecular formula is C15H19NO3. The number of hydrogen-bond acceptors (Lipinski definition) is 3. The molecule has 1 aliphatic heterocycles. The molecule has 0 aliphatic carbocycles. The fourth-order valence-corrected chi connectivity index (χ4v) is 2.13. The molecule has 0 unspecified atom stereocenters. The number of likely N-dealkylation sites (tertiary alicyclic amines) is 1. The Labute approximate surface area is 113 Å². The van der Waals surface area contributed by atoms with Gasteiger partial charge in [0.25, 0.3) is 0 Å². The summed E-state index contributed by atoms with van der Waals surface area (Å²) in [6.45, 7) is 3.10. The minimum absolute atomic E-state index is 0.285. The van der Waals surface area contributed by atoms with Gasteiger partial charge in [-0.2, -0.15) is 0 Å². The number of carbonyl (C=O) groups is 1. The van der Waals surface area contributed by atoms with Gasteiger partial charge >= 0.3 is 6.09 Å². The predicted octanol–water partition coefficient (Wildman–Crippen LogP) is 3.25. The van der Waals surface area contributed by atoms with E-state index >= 15 is 0 Å². The van der Waals surface area contributed by atoms with Crippen molar-refractivity contribution in [2.75, 3.05) is 13.1 Å². The van der Waals surface area contributed by atoms with Gasteiger partial charge in [-0.15, -0.1) is 0 Å². The van der Waals surface area contributed by atoms with Gasteiger partial charge in [0.15, 0.2) is 0 Å². The Hall–Kier alpha value is -1.97. The number of ether oxygens (including phenoxy) is 1. The summed E-state index contributed by atoms with van der Waals surface area (Å²) in [6.07, 6.45) is 1.40. The molecule has 1 aromatic rings. The summed E-state index contributed by atoms with van der Waals surface area (Å²) in [6, 6.07) is 9.61. The largest absolute Gasteiger partial charge is 0.513 e. The molecular weight excluding hydrogens is 242 g/mol. The molecule has 1 aliphatic rings. The number of piperidine rings is 1. The van der Waals surface area contributed by atoms with Crippen molar-refractivity contribution in [1.82, 2.24) is 4.90 Å². The zero-order chi connectivity index (χ0) is 13.7. The van der Waals surface area contributed by atoms with Gasteiger partial charge in [0, 0.05) is 13.1 Å². The number of allylic oxidation sites excluding steroid dienone is 1. The van der Waals surface area contributed by atoms with Gasteiger partial charge in [-0.25, -0.2) is 4.79 Å². The van der Waals surface area contributed by atoms with E-state index in [9.17, 15) is 9.90 Å². The molecule has 1 saturated heterocycles. The van der Waals surface area contributed by atoms with E-state index in [1.807, 2.05) is 30.3 Å². The monoisotopic (exact) mass is 261 g/mol. The minimum Gasteiger partial charge on any atom is -0.513 e. The summed E-state index contributed by atoms with van der Waals surface area (Å²) in [7, 11) is 0. The van der Waals surface area contributed by atoms with Crippen LogP contribution < -0.4 is 0 Å². The van der Waals surface area contributed by atoms with E-state index in [1.165, 1.54) is 0 Å². The maximum atomic E-state index is 11.9. The maximum absolute atomic E-state index is 11.9. The topological polar surface area (TPSA) is 49.8 Å². The van der Waals surface area contributed by atoms with E-state index < -0.39 is 0 Å². The fourth-order valence-electron chi connectivity index (χ4n) is 2.13. The van der Waals surface area contributed by atoms with E-state index in [-0.39, 0.29) is 12.7 Å². The number of aliphatic hydroxyl groups is 1. The second-order valence-electron chi connectivity index (χ2n) is 4.75. The maximum Gasteiger partial charge on any atom is 0.410 e. The lowest BCUT2D eigenvalue weighted by Gasteiger charge is -2.28. The Morgan fingerprint density at radius 1 is 1.37 bits per heavy atom. The first kappa shape index (κ1) is 13.5. The number of amides is 1. The van der Waals surface area contributed by atoms with Crippen LogP contribution in [0.2, 0.25) is 0 Å². The van der Waals surface area contributed by atoms with Crippen LogP contribution in [0.3, 0.4) is 0 Å². The van der Waals surface area contributed by atoms with Crippen molar-refractivity contribution in [3.05, 3.63) is 47.2 Å². The van der Waals surface area contributed by atoms with Crippen LogP contribution in [-0.2, 0) is 11.3 Å². The normalized spacial score (nSPS) is 18.1. The van der Waals surface area contributed by atoms with Crippen molar-refractivity contribution in [3.63, 3.8) is 0 Å². The third-order valence-electron chi connectivity index (χ3n) is 3.26. The van der Waals surface area contributed by atoms with Crippen LogP contribution in [0.15, 0.2) is 41.7 Å². The highest BCUT2D eigenvalue weighted by atomic mass is 16.6. The highest BCUT2D eigenvalue weighted by molar-refractivity contribution is 5.68. The van der Waals surface area contributed by atoms with Gasteiger partial charge in [-0.05, 0) is 30.9 Å². The third kappa shape index (κ3) is 3.74. The molecule has 2 rings (SSSR count). The molecule has 0 atom stereocenters. The van der Waals surface area contributed by atoms with E-state index in [2.05, 4.69) is 0 Å². The summed E-state index contributed by atoms with van der Waals surface area (Å²) in [5.41, 5.74) is 1.89. The first-order valence-electron chi connectivity index (χ1n) is 6.50. The number of rotatable bonds is 2. The van der Waals surface area contributed by atoms with Crippen molar-refractivity contribution in [2.45, 2.75) is 26.4 Å². The van der Waals surface area contributed by atoms with Crippen LogP contribution in [0.5, 0.6) is 0 Å². The fraction of sp³-hybridized carbons (Fsp3) is 0.400. The lowest BCUT2D eigenvalue weighted by molar-refractivity contribution is 0.0947. The first-order chi connectivity index (χ1) is 9.16. The van der Waals surface area contributed by atoms with Crippen LogP contribution in [0.1, 0.15) is 25.3 Å². The summed E-state index contributed by atoms with van der Waals surface area (Å²) in [5.74, 6) is 0.320. The molecule has 19 heavy (non-hydrogen) atoms. The molecule has 1 fully saturated rings. The highest BCUT2D eigenvalue weighted by Gasteiger charge is 2.21. The average molecular weight is 261 g/mol. The number of benzene rings is 1. The van der Waals surface area contributed by atoms with E-state index in [0.717, 1.165) is 24.0 Å². The minimum atomic E-state index is -0.317. The first-order valence-corrected chi connectivity index (χ1v) is 6.50. The van der Waals surface area contributed by atoms with Gasteiger partial charge in [-0.1, -0.05) is 30.3 Å². The molecule has 1 heterocycles. The summed E-state index contributed by atoms with van der Waals surface area (Å²) in [5, 5.41) is 9.49. The van der Waals surface area contributed by atoms with E-state index in [4.69, 9.17) is 4.74 Å². The number of hydrogen-bond donors (Lipinski definition) is 1. The van der Waals surface area contributed by atoms with Crippen LogP contribution in [0, 0.1) is 0 Å². The lowest BCUT2D eigenvalue weighted by atomic mass is 10.0. The van der Waals surface area contributed by atoms with Crippen molar-refractivity contribution in [1.29, 1.82) is 0 Å². The van der Waals surface area contributed by atoms with Gasteiger partial charge < -0.3 is 14.7 Å². The van der Waals surface area contributed by atoms with Crippen LogP contribution in [0.25, 0.3) is 0 Å². The molecule has 1 aromatic carbocycles. The summed E-state index contributed by atoms with van der Waals surface area (Å²) in [4.78, 5) is 13.6. The molecule has 0 saturated carbocycles. The molecule has 4 nitrogen and oxygen atoms in total. The Bertz CT molecular complexity index is 464. The number of nitrogens with zero attached hydrogens (tertiary/aromatic N) is 1. The van der Waals surface area contributed by atoms with E-state index in [0.29, 0.717) is 18.8 Å². The lowest BCUT2D eigenvalue weighted by Crippen LogP contribution is -2.37. The molecule has 1 amide bonds. The third-order valence-corrected chi connectivity index (χ3v) is 3.26. The second-order valence-corrected chi connectivity index (χ2v) is 4.75. The van der Waals surface area contributed by atoms with Crippen LogP contribution in [0.4, 0.5) is 4.79 Å². The Kier molecular flexibility index (Phi) is 4.44. The summed E-state index contributed by atoms with van der Waals surface area (Å²) < 4.78 is 5.28. The molecule has 0 spiro atoms. The highest BCUT2D eigenvalue weighted by Crippen LogP contribution is 2.18. The average Bonchev–Trinajstić information content (AvgIpc) is 2.46. The van der Waals surface area contributed by atoms with Crippen molar-refractivity contribution in [3.8, 4) is 0 Å². The molecule has 102 valence electrons. The predicted molar refractivity (Wildman–Crippen MR) is 72.8 cm³/mol. The molecule has 0 bridgehead atoms. The van der Waals surface area contributed by atoms with Crippen molar-refractivity contribution in [2.24, 2.45) is 0 Å². The number of aliphatic hydroxyl groups excluding tert-OH is 1. The standard InChI is InChI=1S/C15H19NO3/c1-12(17)14-8-5-9-16(10-14)15(18)19-11-13-6-3-2-4-7-13/h2-4,6-7,17H,5,8-11H2,1H3/b14-12+. The molecule has 0 radical (unpaired) electrons. The molecule has 4 heteroatoms. The molecule has 1 N–H and O–H groups in total. The van der Waals surface area contributed by atoms with Crippen molar-refractivity contribution < 1.29 is 14.6 Å². The second kappa shape index (κ2) is 6.27. The van der Waals surface area contributed by atoms with Gasteiger partial charge in [0.1, 0.15) is 6.61 Å². The Balaban J connectivity index is 1.88. The van der Waals surface area contributed by atoms with Crippen molar-refractivity contribution >= 4 is 6.09 Å². The zero-order valence-electron chi connectivity index (χ0n) is 11.1. The Morgan fingerprint density at radius 2 is 2.11 bits per heavy atom. The smallest absolute Gasteiger partial charge is 0.410 e. The summed E-state index contributed by atoms with van der Waals surface area (Å²) >= 11 is 0. The van der Waals surface area contributed by atoms with Crippen LogP contribution >= 0.6 is 0 Å². The van der Waals surface area contributed by atoms with Crippen LogP contribution in [-0.4, -0.2) is 29.2 Å². The number of carbonyl (C=O) groups excluding carboxylic acids is 1. The Morgan fingerprint density at radius 3 is 2.79 bits per heavy atom. The quantitative estimate of drug-likeness (QED) is 0.831.